The van der Waals surface area contributed by atoms with E-state index in [-0.39, 0.29) is 23.6 Å². The van der Waals surface area contributed by atoms with E-state index in [4.69, 9.17) is 10.2 Å². The molecule has 13 nitrogen and oxygen atoms in total. The number of fused-ring (bicyclic) bond motifs is 3. The van der Waals surface area contributed by atoms with Crippen molar-refractivity contribution < 1.29 is 9.21 Å². The van der Waals surface area contributed by atoms with E-state index in [2.05, 4.69) is 25.3 Å². The van der Waals surface area contributed by atoms with Gasteiger partial charge in [0.05, 0.1) is 12.3 Å². The minimum Gasteiger partial charge on any atom is -0.461 e. The number of aromatic nitrogens is 6. The number of aryl methyl sites for hydroxylation is 1. The van der Waals surface area contributed by atoms with E-state index in [0.717, 1.165) is 32.5 Å². The van der Waals surface area contributed by atoms with E-state index in [1.807, 2.05) is 4.90 Å². The third-order valence-corrected chi connectivity index (χ3v) is 7.00. The summed E-state index contributed by atoms with van der Waals surface area (Å²) in [6, 6.07) is 3.48. The number of nitrogens with zero attached hydrogens (tertiary/aromatic N) is 8. The number of imidazole rings is 1. The fraction of sp³-hybridized carbons (Fsp3) is 0.500. The number of hydrogen-bond donors (Lipinski definition) is 2. The lowest BCUT2D eigenvalue weighted by molar-refractivity contribution is -0.134. The second-order valence-electron chi connectivity index (χ2n) is 9.10. The van der Waals surface area contributed by atoms with Crippen molar-refractivity contribution in [1.29, 1.82) is 0 Å². The molecular weight excluding hydrogens is 452 g/mol. The van der Waals surface area contributed by atoms with Crippen LogP contribution >= 0.6 is 0 Å². The highest BCUT2D eigenvalue weighted by Crippen LogP contribution is 2.23. The average Bonchev–Trinajstić information content (AvgIpc) is 3.66. The van der Waals surface area contributed by atoms with Gasteiger partial charge in [0.2, 0.25) is 17.7 Å². The summed E-state index contributed by atoms with van der Waals surface area (Å²) in [6.45, 7) is 4.98. The average molecular weight is 481 g/mol. The van der Waals surface area contributed by atoms with E-state index in [0.29, 0.717) is 54.6 Å². The van der Waals surface area contributed by atoms with Crippen molar-refractivity contribution in [1.82, 2.24) is 43.8 Å². The largest absolute Gasteiger partial charge is 0.461 e. The zero-order valence-corrected chi connectivity index (χ0v) is 19.6. The molecule has 0 bridgehead atoms. The number of anilines is 1. The molecule has 0 aliphatic carbocycles. The Morgan fingerprint density at radius 3 is 2.74 bits per heavy atom. The summed E-state index contributed by atoms with van der Waals surface area (Å²) in [5, 5.41) is 7.69. The highest BCUT2D eigenvalue weighted by molar-refractivity contribution is 5.88. The molecule has 4 aromatic heterocycles. The Morgan fingerprint density at radius 2 is 2.03 bits per heavy atom. The van der Waals surface area contributed by atoms with Crippen LogP contribution in [-0.4, -0.2) is 89.7 Å². The molecule has 2 aliphatic heterocycles. The van der Waals surface area contributed by atoms with Gasteiger partial charge in [-0.25, -0.2) is 9.78 Å². The van der Waals surface area contributed by atoms with Gasteiger partial charge in [-0.2, -0.15) is 9.50 Å². The van der Waals surface area contributed by atoms with E-state index in [1.54, 1.807) is 30.0 Å². The highest BCUT2D eigenvalue weighted by atomic mass is 16.3. The van der Waals surface area contributed by atoms with Crippen LogP contribution in [0.5, 0.6) is 0 Å². The summed E-state index contributed by atoms with van der Waals surface area (Å²) < 4.78 is 10.0. The first-order valence-corrected chi connectivity index (χ1v) is 11.9. The molecule has 0 spiro atoms. The molecule has 2 saturated heterocycles. The quantitative estimate of drug-likeness (QED) is 0.387. The van der Waals surface area contributed by atoms with Gasteiger partial charge >= 0.3 is 5.69 Å². The molecule has 4 aromatic rings. The van der Waals surface area contributed by atoms with Crippen LogP contribution in [0.3, 0.4) is 0 Å². The van der Waals surface area contributed by atoms with Crippen LogP contribution in [0, 0.1) is 0 Å². The van der Waals surface area contributed by atoms with E-state index < -0.39 is 0 Å². The summed E-state index contributed by atoms with van der Waals surface area (Å²) in [7, 11) is 1.70. The van der Waals surface area contributed by atoms with Crippen LogP contribution in [0.25, 0.3) is 28.4 Å². The topological polar surface area (TPSA) is 145 Å². The number of nitrogen functional groups attached to an aromatic ring is 1. The molecular formula is C22H28N10O3. The predicted octanol–water partition coefficient (Wildman–Crippen LogP) is -0.484. The first-order chi connectivity index (χ1) is 17.0. The number of nitrogens with two attached hydrogens (primary N) is 1. The second kappa shape index (κ2) is 8.50. The van der Waals surface area contributed by atoms with Crippen LogP contribution < -0.4 is 16.7 Å². The first kappa shape index (κ1) is 21.8. The number of hydrogen-bond acceptors (Lipinski definition) is 9. The highest BCUT2D eigenvalue weighted by Gasteiger charge is 2.29. The Labute approximate surface area is 200 Å². The number of carbonyl (C=O) groups is 1. The molecule has 1 atom stereocenters. The molecule has 184 valence electrons. The Kier molecular flexibility index (Phi) is 5.29. The van der Waals surface area contributed by atoms with Crippen molar-refractivity contribution in [2.75, 3.05) is 45.0 Å². The normalized spacial score (nSPS) is 19.3. The van der Waals surface area contributed by atoms with Gasteiger partial charge in [0.15, 0.2) is 17.1 Å². The molecule has 6 rings (SSSR count). The van der Waals surface area contributed by atoms with Crippen LogP contribution in [0.15, 0.2) is 27.6 Å². The maximum atomic E-state index is 13.1. The second-order valence-corrected chi connectivity index (χ2v) is 9.10. The Morgan fingerprint density at radius 1 is 1.20 bits per heavy atom. The number of furan rings is 1. The summed E-state index contributed by atoms with van der Waals surface area (Å²) in [5.41, 5.74) is 7.49. The van der Waals surface area contributed by atoms with Crippen LogP contribution in [0.2, 0.25) is 0 Å². The SMILES string of the molecule is Cn1c(=O)n(CCN2CCN(C(=O)[C@@H]3CCCN3)CC2)c2nc(N)n3nc(-c4ccco4)nc3c21. The Balaban J connectivity index is 1.22. The van der Waals surface area contributed by atoms with E-state index >= 15 is 0 Å². The fourth-order valence-electron chi connectivity index (χ4n) is 5.05. The van der Waals surface area contributed by atoms with Gasteiger partial charge in [-0.05, 0) is 31.5 Å². The van der Waals surface area contributed by atoms with Gasteiger partial charge in [0.1, 0.15) is 5.52 Å². The minimum atomic E-state index is -0.191. The maximum Gasteiger partial charge on any atom is 0.330 e. The number of piperazine rings is 1. The fourth-order valence-corrected chi connectivity index (χ4v) is 5.05. The summed E-state index contributed by atoms with van der Waals surface area (Å²) in [5.74, 6) is 1.23. The number of carbonyl (C=O) groups excluding carboxylic acids is 1. The summed E-state index contributed by atoms with van der Waals surface area (Å²) >= 11 is 0. The van der Waals surface area contributed by atoms with Gasteiger partial charge < -0.3 is 20.4 Å². The minimum absolute atomic E-state index is 0.0327. The van der Waals surface area contributed by atoms with Crippen molar-refractivity contribution in [2.24, 2.45) is 7.05 Å². The molecule has 0 aromatic carbocycles. The standard InChI is InChI=1S/C22H28N10O3/c1-28-16-18(26-21(23)32-19(16)25-17(27-32)15-5-3-13-35-15)31(22(28)34)12-9-29-7-10-30(11-8-29)20(33)14-4-2-6-24-14/h3,5,13-14,24H,2,4,6-12H2,1H3,(H2,23,26)/t14-/m0/s1. The molecule has 3 N–H and O–H groups in total. The maximum absolute atomic E-state index is 13.1. The number of rotatable bonds is 5. The summed E-state index contributed by atoms with van der Waals surface area (Å²) in [6.07, 6.45) is 3.52. The molecule has 0 unspecified atom stereocenters. The molecule has 1 amide bonds. The zero-order valence-electron chi connectivity index (χ0n) is 19.6. The Bertz CT molecular complexity index is 1440. The van der Waals surface area contributed by atoms with Gasteiger partial charge in [0, 0.05) is 46.3 Å². The van der Waals surface area contributed by atoms with Crippen LogP contribution in [0.4, 0.5) is 5.95 Å². The number of nitrogens with one attached hydrogen (secondary N) is 1. The van der Waals surface area contributed by atoms with Crippen LogP contribution in [0.1, 0.15) is 12.8 Å². The van der Waals surface area contributed by atoms with Gasteiger partial charge in [-0.3, -0.25) is 18.8 Å². The van der Waals surface area contributed by atoms with Gasteiger partial charge in [-0.1, -0.05) is 0 Å². The predicted molar refractivity (Wildman–Crippen MR) is 128 cm³/mol. The molecule has 6 heterocycles. The van der Waals surface area contributed by atoms with Crippen molar-refractivity contribution in [3.63, 3.8) is 0 Å². The van der Waals surface area contributed by atoms with Crippen molar-refractivity contribution >= 4 is 28.7 Å². The zero-order chi connectivity index (χ0) is 24.1. The van der Waals surface area contributed by atoms with E-state index in [1.165, 1.54) is 9.08 Å². The smallest absolute Gasteiger partial charge is 0.330 e. The lowest BCUT2D eigenvalue weighted by Crippen LogP contribution is -2.53. The van der Waals surface area contributed by atoms with Crippen molar-refractivity contribution in [2.45, 2.75) is 25.4 Å². The third-order valence-electron chi connectivity index (χ3n) is 7.00. The molecule has 2 fully saturated rings. The van der Waals surface area contributed by atoms with Crippen LogP contribution in [-0.2, 0) is 18.4 Å². The number of amides is 1. The molecule has 0 saturated carbocycles. The molecule has 0 radical (unpaired) electrons. The lowest BCUT2D eigenvalue weighted by Gasteiger charge is -2.35. The molecule has 35 heavy (non-hydrogen) atoms. The van der Waals surface area contributed by atoms with Gasteiger partial charge in [-0.15, -0.1) is 5.10 Å². The van der Waals surface area contributed by atoms with Crippen molar-refractivity contribution in [3.05, 3.63) is 28.9 Å². The van der Waals surface area contributed by atoms with E-state index in [9.17, 15) is 9.59 Å². The molecule has 2 aliphatic rings. The van der Waals surface area contributed by atoms with Gasteiger partial charge in [0.25, 0.3) is 0 Å². The molecule has 13 heteroatoms. The Hall–Kier alpha value is -3.71. The van der Waals surface area contributed by atoms with Crippen molar-refractivity contribution in [3.8, 4) is 11.6 Å². The third kappa shape index (κ3) is 3.67. The summed E-state index contributed by atoms with van der Waals surface area (Å²) in [4.78, 5) is 39.1. The lowest BCUT2D eigenvalue weighted by atomic mass is 10.2. The monoisotopic (exact) mass is 480 g/mol. The first-order valence-electron chi connectivity index (χ1n) is 11.9.